The number of fused-ring (bicyclic) bond motifs is 5. The van der Waals surface area contributed by atoms with Crippen molar-refractivity contribution in [1.82, 2.24) is 0 Å². The molecule has 0 saturated heterocycles. The van der Waals surface area contributed by atoms with Crippen molar-refractivity contribution in [3.05, 3.63) is 0 Å². The highest BCUT2D eigenvalue weighted by Gasteiger charge is 2.55. The number of Topliss-reactive ketones (excluding diaryl/α,β-unsaturated/α-hetero) is 1. The fourth-order valence-corrected chi connectivity index (χ4v) is 7.18. The second-order valence-corrected chi connectivity index (χ2v) is 9.34. The monoisotopic (exact) mass is 332 g/mol. The van der Waals surface area contributed by atoms with Gasteiger partial charge in [0.2, 0.25) is 0 Å². The molecular formula is C21H32O3. The maximum atomic E-state index is 11.9. The largest absolute Gasteiger partial charge is 0.463 e. The number of ketones is 1. The Morgan fingerprint density at radius 2 is 1.92 bits per heavy atom. The summed E-state index contributed by atoms with van der Waals surface area (Å²) in [5.74, 6) is 4.29. The van der Waals surface area contributed by atoms with Crippen LogP contribution < -0.4 is 0 Å². The highest BCUT2D eigenvalue weighted by atomic mass is 16.5. The molecule has 0 aromatic heterocycles. The molecule has 0 amide bonds. The van der Waals surface area contributed by atoms with Crippen LogP contribution in [0.3, 0.4) is 0 Å². The van der Waals surface area contributed by atoms with Gasteiger partial charge in [-0.15, -0.1) is 0 Å². The van der Waals surface area contributed by atoms with Crippen molar-refractivity contribution in [3.63, 3.8) is 0 Å². The molecule has 4 aliphatic rings. The Morgan fingerprint density at radius 3 is 2.71 bits per heavy atom. The number of carbonyl (C=O) groups excluding carboxylic acids is 2. The van der Waals surface area contributed by atoms with E-state index in [1.165, 1.54) is 39.0 Å². The molecule has 0 bridgehead atoms. The first-order valence-electron chi connectivity index (χ1n) is 10.2. The maximum absolute atomic E-state index is 11.9. The summed E-state index contributed by atoms with van der Waals surface area (Å²) in [7, 11) is 0. The summed E-state index contributed by atoms with van der Waals surface area (Å²) in [4.78, 5) is 23.2. The van der Waals surface area contributed by atoms with Gasteiger partial charge in [0, 0.05) is 19.8 Å². The Morgan fingerprint density at radius 1 is 1.08 bits per heavy atom. The molecule has 4 aliphatic carbocycles. The van der Waals surface area contributed by atoms with Crippen molar-refractivity contribution < 1.29 is 14.3 Å². The number of hydrogen-bond donors (Lipinski definition) is 0. The lowest BCUT2D eigenvalue weighted by Crippen LogP contribution is -2.53. The molecule has 0 spiro atoms. The molecule has 0 heterocycles. The third-order valence-corrected chi connectivity index (χ3v) is 8.28. The third-order valence-electron chi connectivity index (χ3n) is 8.28. The van der Waals surface area contributed by atoms with Crippen molar-refractivity contribution in [1.29, 1.82) is 0 Å². The molecule has 4 rings (SSSR count). The van der Waals surface area contributed by atoms with Crippen LogP contribution in [0.4, 0.5) is 0 Å². The number of carbonyl (C=O) groups is 2. The van der Waals surface area contributed by atoms with E-state index in [1.54, 1.807) is 0 Å². The SMILES string of the molecule is CC(=O)OC1CCC2(C)C(CCC3C4CCC(=O)CC4CCC32)C1. The summed E-state index contributed by atoms with van der Waals surface area (Å²) in [6, 6.07) is 0. The van der Waals surface area contributed by atoms with Crippen molar-refractivity contribution >= 4 is 11.8 Å². The minimum Gasteiger partial charge on any atom is -0.463 e. The van der Waals surface area contributed by atoms with Crippen LogP contribution in [0.25, 0.3) is 0 Å². The average molecular weight is 332 g/mol. The molecule has 24 heavy (non-hydrogen) atoms. The van der Waals surface area contributed by atoms with Crippen LogP contribution >= 0.6 is 0 Å². The van der Waals surface area contributed by atoms with Gasteiger partial charge in [-0.3, -0.25) is 9.59 Å². The predicted octanol–water partition coefficient (Wildman–Crippen LogP) is 4.53. The van der Waals surface area contributed by atoms with Crippen molar-refractivity contribution in [2.45, 2.75) is 84.2 Å². The summed E-state index contributed by atoms with van der Waals surface area (Å²) < 4.78 is 5.54. The molecule has 7 atom stereocenters. The molecule has 0 aromatic rings. The summed E-state index contributed by atoms with van der Waals surface area (Å²) in [6.45, 7) is 4.07. The lowest BCUT2D eigenvalue weighted by Gasteiger charge is -2.60. The van der Waals surface area contributed by atoms with E-state index in [0.29, 0.717) is 17.1 Å². The number of hydrogen-bond acceptors (Lipinski definition) is 3. The van der Waals surface area contributed by atoms with Gasteiger partial charge in [0.25, 0.3) is 0 Å². The lowest BCUT2D eigenvalue weighted by molar-refractivity contribution is -0.159. The predicted molar refractivity (Wildman–Crippen MR) is 92.3 cm³/mol. The Bertz CT molecular complexity index is 527. The quantitative estimate of drug-likeness (QED) is 0.663. The highest BCUT2D eigenvalue weighted by Crippen LogP contribution is 2.62. The van der Waals surface area contributed by atoms with Crippen LogP contribution in [0.5, 0.6) is 0 Å². The maximum Gasteiger partial charge on any atom is 0.302 e. The van der Waals surface area contributed by atoms with Crippen LogP contribution in [-0.2, 0) is 14.3 Å². The van der Waals surface area contributed by atoms with Gasteiger partial charge in [0.15, 0.2) is 0 Å². The Labute approximate surface area is 145 Å². The van der Waals surface area contributed by atoms with Crippen molar-refractivity contribution in [2.75, 3.05) is 0 Å². The van der Waals surface area contributed by atoms with E-state index in [9.17, 15) is 9.59 Å². The fourth-order valence-electron chi connectivity index (χ4n) is 7.18. The van der Waals surface area contributed by atoms with Gasteiger partial charge < -0.3 is 4.74 Å². The summed E-state index contributed by atoms with van der Waals surface area (Å²) in [6.07, 6.45) is 11.6. The van der Waals surface area contributed by atoms with Gasteiger partial charge in [0.1, 0.15) is 11.9 Å². The fraction of sp³-hybridized carbons (Fsp3) is 0.905. The number of rotatable bonds is 1. The second kappa shape index (κ2) is 6.14. The van der Waals surface area contributed by atoms with Gasteiger partial charge >= 0.3 is 5.97 Å². The van der Waals surface area contributed by atoms with Crippen LogP contribution in [0.15, 0.2) is 0 Å². The zero-order valence-electron chi connectivity index (χ0n) is 15.3. The Kier molecular flexibility index (Phi) is 4.25. The molecule has 0 radical (unpaired) electrons. The van der Waals surface area contributed by atoms with E-state index in [2.05, 4.69) is 6.92 Å². The molecule has 3 nitrogen and oxygen atoms in total. The molecule has 4 fully saturated rings. The van der Waals surface area contributed by atoms with Gasteiger partial charge in [-0.1, -0.05) is 6.92 Å². The molecule has 7 unspecified atom stereocenters. The topological polar surface area (TPSA) is 43.4 Å². The smallest absolute Gasteiger partial charge is 0.302 e. The normalized spacial score (nSPS) is 48.0. The minimum absolute atomic E-state index is 0.121. The van der Waals surface area contributed by atoms with E-state index in [0.717, 1.165) is 55.8 Å². The van der Waals surface area contributed by atoms with E-state index in [-0.39, 0.29) is 12.1 Å². The van der Waals surface area contributed by atoms with Gasteiger partial charge in [-0.25, -0.2) is 0 Å². The lowest BCUT2D eigenvalue weighted by atomic mass is 9.45. The molecule has 0 N–H and O–H groups in total. The standard InChI is InChI=1S/C21H32O3/c1-13(22)24-17-9-10-21(2)15(12-17)4-6-19-18-7-5-16(23)11-14(18)3-8-20(19)21/h14-15,17-20H,3-12H2,1-2H3. The van der Waals surface area contributed by atoms with Gasteiger partial charge in [0.05, 0.1) is 0 Å². The zero-order chi connectivity index (χ0) is 16.9. The first-order chi connectivity index (χ1) is 11.5. The van der Waals surface area contributed by atoms with E-state index in [1.807, 2.05) is 0 Å². The molecule has 134 valence electrons. The summed E-state index contributed by atoms with van der Waals surface area (Å²) in [5, 5.41) is 0. The minimum atomic E-state index is -0.121. The first-order valence-corrected chi connectivity index (χ1v) is 10.2. The molecular weight excluding hydrogens is 300 g/mol. The second-order valence-electron chi connectivity index (χ2n) is 9.34. The van der Waals surface area contributed by atoms with E-state index >= 15 is 0 Å². The number of ether oxygens (including phenoxy) is 1. The Hall–Kier alpha value is -0.860. The molecule has 0 aromatic carbocycles. The number of esters is 1. The molecule has 4 saturated carbocycles. The van der Waals surface area contributed by atoms with Crippen molar-refractivity contribution in [2.24, 2.45) is 35.0 Å². The van der Waals surface area contributed by atoms with Crippen molar-refractivity contribution in [3.8, 4) is 0 Å². The van der Waals surface area contributed by atoms with Gasteiger partial charge in [-0.05, 0) is 86.4 Å². The third kappa shape index (κ3) is 2.72. The molecule has 3 heteroatoms. The van der Waals surface area contributed by atoms with Crippen LogP contribution in [0.1, 0.15) is 78.1 Å². The van der Waals surface area contributed by atoms with Crippen LogP contribution in [0, 0.1) is 35.0 Å². The summed E-state index contributed by atoms with van der Waals surface area (Å²) >= 11 is 0. The zero-order valence-corrected chi connectivity index (χ0v) is 15.3. The van der Waals surface area contributed by atoms with Crippen LogP contribution in [-0.4, -0.2) is 17.9 Å². The van der Waals surface area contributed by atoms with Crippen LogP contribution in [0.2, 0.25) is 0 Å². The van der Waals surface area contributed by atoms with E-state index < -0.39 is 0 Å². The van der Waals surface area contributed by atoms with E-state index in [4.69, 9.17) is 4.74 Å². The first kappa shape index (κ1) is 16.6. The molecule has 0 aliphatic heterocycles. The Balaban J connectivity index is 1.50. The summed E-state index contributed by atoms with van der Waals surface area (Å²) in [5.41, 5.74) is 0.436. The highest BCUT2D eigenvalue weighted by molar-refractivity contribution is 5.79. The van der Waals surface area contributed by atoms with Gasteiger partial charge in [-0.2, -0.15) is 0 Å². The average Bonchev–Trinajstić information content (AvgIpc) is 2.54.